The summed E-state index contributed by atoms with van der Waals surface area (Å²) in [7, 11) is 1.62. The molecular weight excluding hydrogens is 419 g/mol. The van der Waals surface area contributed by atoms with Crippen molar-refractivity contribution in [2.45, 2.75) is 12.8 Å². The maximum absolute atomic E-state index is 12.1. The van der Waals surface area contributed by atoms with Crippen LogP contribution < -0.4 is 14.8 Å². The van der Waals surface area contributed by atoms with Gasteiger partial charge in [0.25, 0.3) is 0 Å². The lowest BCUT2D eigenvalue weighted by Crippen LogP contribution is -2.12. The minimum Gasteiger partial charge on any atom is -0.497 e. The smallest absolute Gasteiger partial charge is 0.226 e. The number of benzene rings is 2. The SMILES string of the molecule is COc1ccc(OCCCC(=O)Nc2nc(-c3ccc(Cl)cc3Cl)cs2)cc1. The number of nitrogens with one attached hydrogen (secondary N) is 1. The van der Waals surface area contributed by atoms with E-state index in [1.54, 1.807) is 19.2 Å². The van der Waals surface area contributed by atoms with Crippen molar-refractivity contribution >= 4 is 45.6 Å². The van der Waals surface area contributed by atoms with Crippen molar-refractivity contribution in [3.05, 3.63) is 57.9 Å². The van der Waals surface area contributed by atoms with Gasteiger partial charge in [0, 0.05) is 22.4 Å². The van der Waals surface area contributed by atoms with Gasteiger partial charge in [-0.1, -0.05) is 23.2 Å². The van der Waals surface area contributed by atoms with Crippen molar-refractivity contribution in [2.24, 2.45) is 0 Å². The van der Waals surface area contributed by atoms with Crippen LogP contribution in [0.5, 0.6) is 11.5 Å². The Hall–Kier alpha value is -2.28. The fraction of sp³-hybridized carbons (Fsp3) is 0.200. The molecule has 0 aliphatic heterocycles. The van der Waals surface area contributed by atoms with E-state index in [1.165, 1.54) is 11.3 Å². The Morgan fingerprint density at radius 1 is 1.14 bits per heavy atom. The third-order valence-corrected chi connectivity index (χ3v) is 5.14. The molecule has 0 unspecified atom stereocenters. The summed E-state index contributed by atoms with van der Waals surface area (Å²) in [6.07, 6.45) is 0.936. The first-order valence-electron chi connectivity index (χ1n) is 8.53. The van der Waals surface area contributed by atoms with E-state index >= 15 is 0 Å². The molecule has 1 heterocycles. The van der Waals surface area contributed by atoms with Crippen LogP contribution in [0.15, 0.2) is 47.8 Å². The van der Waals surface area contributed by atoms with E-state index in [-0.39, 0.29) is 5.91 Å². The Balaban J connectivity index is 1.45. The zero-order valence-electron chi connectivity index (χ0n) is 15.1. The summed E-state index contributed by atoms with van der Waals surface area (Å²) < 4.78 is 10.7. The molecule has 0 fully saturated rings. The lowest BCUT2D eigenvalue weighted by atomic mass is 10.2. The number of hydrogen-bond donors (Lipinski definition) is 1. The number of hydrogen-bond acceptors (Lipinski definition) is 5. The van der Waals surface area contributed by atoms with Crippen LogP contribution in [0.25, 0.3) is 11.3 Å². The number of anilines is 1. The van der Waals surface area contributed by atoms with Gasteiger partial charge in [0.05, 0.1) is 24.4 Å². The zero-order valence-corrected chi connectivity index (χ0v) is 17.4. The predicted octanol–water partition coefficient (Wildman–Crippen LogP) is 5.92. The predicted molar refractivity (Wildman–Crippen MR) is 114 cm³/mol. The van der Waals surface area contributed by atoms with E-state index in [0.717, 1.165) is 17.1 Å². The van der Waals surface area contributed by atoms with Crippen molar-refractivity contribution in [1.82, 2.24) is 4.98 Å². The molecule has 0 aliphatic carbocycles. The fourth-order valence-corrected chi connectivity index (χ4v) is 3.66. The van der Waals surface area contributed by atoms with Gasteiger partial charge in [0.15, 0.2) is 5.13 Å². The summed E-state index contributed by atoms with van der Waals surface area (Å²) in [5, 5.41) is 6.26. The standard InChI is InChI=1S/C20H18Cl2N2O3S/c1-26-14-5-7-15(8-6-14)27-10-2-3-19(25)24-20-23-18(12-28-20)16-9-4-13(21)11-17(16)22/h4-9,11-12H,2-3,10H2,1H3,(H,23,24,25). The lowest BCUT2D eigenvalue weighted by molar-refractivity contribution is -0.116. The van der Waals surface area contributed by atoms with E-state index in [0.29, 0.717) is 40.3 Å². The number of ether oxygens (including phenoxy) is 2. The van der Waals surface area contributed by atoms with Gasteiger partial charge >= 0.3 is 0 Å². The second kappa shape index (κ2) is 9.78. The normalized spacial score (nSPS) is 10.5. The molecule has 28 heavy (non-hydrogen) atoms. The van der Waals surface area contributed by atoms with Gasteiger partial charge in [-0.2, -0.15) is 0 Å². The highest BCUT2D eigenvalue weighted by Gasteiger charge is 2.11. The number of aromatic nitrogens is 1. The van der Waals surface area contributed by atoms with Gasteiger partial charge in [-0.05, 0) is 48.9 Å². The molecule has 146 valence electrons. The average Bonchev–Trinajstić information content (AvgIpc) is 3.13. The highest BCUT2D eigenvalue weighted by Crippen LogP contribution is 2.32. The minimum absolute atomic E-state index is 0.110. The summed E-state index contributed by atoms with van der Waals surface area (Å²) in [5.74, 6) is 1.40. The first-order valence-corrected chi connectivity index (χ1v) is 10.2. The number of rotatable bonds is 8. The van der Waals surface area contributed by atoms with E-state index in [4.69, 9.17) is 32.7 Å². The van der Waals surface area contributed by atoms with Gasteiger partial charge in [-0.15, -0.1) is 11.3 Å². The van der Waals surface area contributed by atoms with E-state index in [9.17, 15) is 4.79 Å². The average molecular weight is 437 g/mol. The van der Waals surface area contributed by atoms with Crippen LogP contribution in [0.4, 0.5) is 5.13 Å². The molecule has 0 saturated heterocycles. The topological polar surface area (TPSA) is 60.5 Å². The second-order valence-electron chi connectivity index (χ2n) is 5.84. The summed E-state index contributed by atoms with van der Waals surface area (Å²) in [4.78, 5) is 16.5. The van der Waals surface area contributed by atoms with Crippen LogP contribution in [0, 0.1) is 0 Å². The Labute approximate surface area is 177 Å². The van der Waals surface area contributed by atoms with Crippen molar-refractivity contribution in [3.8, 4) is 22.8 Å². The summed E-state index contributed by atoms with van der Waals surface area (Å²) in [6, 6.07) is 12.5. The highest BCUT2D eigenvalue weighted by atomic mass is 35.5. The maximum Gasteiger partial charge on any atom is 0.226 e. The number of methoxy groups -OCH3 is 1. The first kappa shape index (κ1) is 20.5. The van der Waals surface area contributed by atoms with Crippen LogP contribution in [-0.2, 0) is 4.79 Å². The molecule has 0 radical (unpaired) electrons. The number of carbonyl (C=O) groups is 1. The molecule has 3 aromatic rings. The molecular formula is C20H18Cl2N2O3S. The van der Waals surface area contributed by atoms with Gasteiger partial charge in [-0.25, -0.2) is 4.98 Å². The lowest BCUT2D eigenvalue weighted by Gasteiger charge is -2.07. The third kappa shape index (κ3) is 5.61. The molecule has 5 nitrogen and oxygen atoms in total. The molecule has 0 atom stereocenters. The number of thiazole rings is 1. The fourth-order valence-electron chi connectivity index (χ4n) is 2.43. The van der Waals surface area contributed by atoms with Crippen LogP contribution >= 0.6 is 34.5 Å². The molecule has 2 aromatic carbocycles. The molecule has 1 aromatic heterocycles. The van der Waals surface area contributed by atoms with Gasteiger partial charge in [-0.3, -0.25) is 4.79 Å². The molecule has 1 N–H and O–H groups in total. The molecule has 0 saturated carbocycles. The Morgan fingerprint density at radius 2 is 1.89 bits per heavy atom. The Morgan fingerprint density at radius 3 is 2.61 bits per heavy atom. The molecule has 3 rings (SSSR count). The molecule has 0 bridgehead atoms. The molecule has 0 spiro atoms. The molecule has 0 aliphatic rings. The monoisotopic (exact) mass is 436 g/mol. The van der Waals surface area contributed by atoms with E-state index in [1.807, 2.05) is 35.7 Å². The second-order valence-corrected chi connectivity index (χ2v) is 7.54. The highest BCUT2D eigenvalue weighted by molar-refractivity contribution is 7.14. The number of amides is 1. The Bertz CT molecular complexity index is 945. The van der Waals surface area contributed by atoms with Crippen molar-refractivity contribution in [3.63, 3.8) is 0 Å². The summed E-state index contributed by atoms with van der Waals surface area (Å²) in [6.45, 7) is 0.448. The molecule has 1 amide bonds. The summed E-state index contributed by atoms with van der Waals surface area (Å²) >= 11 is 13.5. The maximum atomic E-state index is 12.1. The van der Waals surface area contributed by atoms with E-state index in [2.05, 4.69) is 10.3 Å². The first-order chi connectivity index (χ1) is 13.5. The Kier molecular flexibility index (Phi) is 7.14. The minimum atomic E-state index is -0.110. The van der Waals surface area contributed by atoms with Crippen molar-refractivity contribution < 1.29 is 14.3 Å². The van der Waals surface area contributed by atoms with Crippen LogP contribution in [0.2, 0.25) is 10.0 Å². The zero-order chi connectivity index (χ0) is 19.9. The quantitative estimate of drug-likeness (QED) is 0.444. The summed E-state index contributed by atoms with van der Waals surface area (Å²) in [5.41, 5.74) is 1.47. The van der Waals surface area contributed by atoms with Gasteiger partial charge < -0.3 is 14.8 Å². The van der Waals surface area contributed by atoms with Crippen molar-refractivity contribution in [1.29, 1.82) is 0 Å². The molecule has 8 heteroatoms. The van der Waals surface area contributed by atoms with Crippen LogP contribution in [0.1, 0.15) is 12.8 Å². The number of halogens is 2. The number of nitrogens with zero attached hydrogens (tertiary/aromatic N) is 1. The van der Waals surface area contributed by atoms with Gasteiger partial charge in [0.2, 0.25) is 5.91 Å². The largest absolute Gasteiger partial charge is 0.497 e. The van der Waals surface area contributed by atoms with E-state index < -0.39 is 0 Å². The van der Waals surface area contributed by atoms with Crippen molar-refractivity contribution in [2.75, 3.05) is 19.0 Å². The third-order valence-electron chi connectivity index (χ3n) is 3.83. The number of carbonyl (C=O) groups excluding carboxylic acids is 1. The van der Waals surface area contributed by atoms with Gasteiger partial charge in [0.1, 0.15) is 11.5 Å². The van der Waals surface area contributed by atoms with Crippen LogP contribution in [0.3, 0.4) is 0 Å². The van der Waals surface area contributed by atoms with Crippen LogP contribution in [-0.4, -0.2) is 24.6 Å².